The Bertz CT molecular complexity index is 1130. The molecule has 1 fully saturated rings. The minimum absolute atomic E-state index is 0.00200. The van der Waals surface area contributed by atoms with Gasteiger partial charge in [0.1, 0.15) is 31.2 Å². The smallest absolute Gasteiger partial charge is 0.301 e. The molecule has 0 aliphatic carbocycles. The van der Waals surface area contributed by atoms with Gasteiger partial charge in [-0.2, -0.15) is 4.98 Å². The average Bonchev–Trinajstić information content (AvgIpc) is 3.29. The number of aromatic nitrogens is 4. The summed E-state index contributed by atoms with van der Waals surface area (Å²) < 4.78 is 19.9. The molecule has 1 saturated heterocycles. The van der Waals surface area contributed by atoms with Gasteiger partial charge in [-0.15, -0.1) is 0 Å². The van der Waals surface area contributed by atoms with Gasteiger partial charge in [0.2, 0.25) is 0 Å². The Hall–Kier alpha value is -2.57. The van der Waals surface area contributed by atoms with Gasteiger partial charge in [-0.25, -0.2) is 14.5 Å². The second-order valence-corrected chi connectivity index (χ2v) is 14.9. The summed E-state index contributed by atoms with van der Waals surface area (Å²) in [6.45, 7) is 11.1. The van der Waals surface area contributed by atoms with Gasteiger partial charge in [-0.3, -0.25) is 0 Å². The summed E-state index contributed by atoms with van der Waals surface area (Å²) in [5.74, 6) is 0.180. The molecule has 11 heteroatoms. The highest BCUT2D eigenvalue weighted by Crippen LogP contribution is 2.39. The number of nitrogen functional groups attached to an aromatic ring is 1. The summed E-state index contributed by atoms with van der Waals surface area (Å²) in [5.41, 5.74) is 7.63. The van der Waals surface area contributed by atoms with Crippen LogP contribution < -0.4 is 10.5 Å². The van der Waals surface area contributed by atoms with E-state index in [1.807, 2.05) is 30.3 Å². The molecule has 0 amide bonds. The Morgan fingerprint density at radius 1 is 1.12 bits per heavy atom. The molecule has 0 saturated carbocycles. The quantitative estimate of drug-likeness (QED) is 0.429. The SMILES string of the molecule is CC(C)(C)[Si](C)(C)OC[C@H]1O[C@@H](n2c(OCc3ccccc3)nc3c(N)ncnc32)[C@H](O)[C@@H]1O. The van der Waals surface area contributed by atoms with Crippen molar-refractivity contribution in [1.29, 1.82) is 0 Å². The van der Waals surface area contributed by atoms with E-state index >= 15 is 0 Å². The fourth-order valence-corrected chi connectivity index (χ4v) is 4.56. The average molecular weight is 488 g/mol. The van der Waals surface area contributed by atoms with E-state index in [-0.39, 0.29) is 30.1 Å². The van der Waals surface area contributed by atoms with E-state index in [0.717, 1.165) is 5.56 Å². The summed E-state index contributed by atoms with van der Waals surface area (Å²) in [6.07, 6.45) is -2.82. The molecular formula is C23H33N5O5Si. The minimum Gasteiger partial charge on any atom is -0.460 e. The number of ether oxygens (including phenoxy) is 2. The lowest BCUT2D eigenvalue weighted by Crippen LogP contribution is -2.44. The standard InChI is InChI=1S/C23H33N5O5Si/c1-23(2,3)34(4,5)32-12-15-17(29)18(30)21(33-15)28-20-16(19(24)25-13-26-20)27-22(28)31-11-14-9-7-6-8-10-14/h6-10,13,15,17-18,21,29-30H,11-12H2,1-5H3,(H2,24,25,26)/t15-,17-,18-,21-/m1/s1. The maximum Gasteiger partial charge on any atom is 0.301 e. The third-order valence-electron chi connectivity index (χ3n) is 6.69. The molecule has 2 aromatic heterocycles. The Balaban J connectivity index is 1.62. The van der Waals surface area contributed by atoms with E-state index in [2.05, 4.69) is 48.8 Å². The lowest BCUT2D eigenvalue weighted by atomic mass is 10.1. The first-order valence-electron chi connectivity index (χ1n) is 11.3. The Morgan fingerprint density at radius 3 is 2.50 bits per heavy atom. The molecule has 3 aromatic rings. The first kappa shape index (κ1) is 24.5. The summed E-state index contributed by atoms with van der Waals surface area (Å²) in [4.78, 5) is 12.8. The van der Waals surface area contributed by atoms with Gasteiger partial charge >= 0.3 is 6.01 Å². The molecule has 4 rings (SSSR count). The van der Waals surface area contributed by atoms with Crippen molar-refractivity contribution in [2.75, 3.05) is 12.3 Å². The first-order chi connectivity index (χ1) is 16.0. The third-order valence-corrected chi connectivity index (χ3v) is 11.2. The van der Waals surface area contributed by atoms with Crippen molar-refractivity contribution in [3.63, 3.8) is 0 Å². The molecule has 34 heavy (non-hydrogen) atoms. The molecule has 0 bridgehead atoms. The van der Waals surface area contributed by atoms with Crippen LogP contribution in [0.5, 0.6) is 6.01 Å². The molecule has 0 unspecified atom stereocenters. The van der Waals surface area contributed by atoms with Crippen molar-refractivity contribution in [2.24, 2.45) is 0 Å². The fourth-order valence-electron chi connectivity index (χ4n) is 3.55. The van der Waals surface area contributed by atoms with Crippen molar-refractivity contribution in [1.82, 2.24) is 19.5 Å². The van der Waals surface area contributed by atoms with Crippen LogP contribution in [0.4, 0.5) is 5.82 Å². The van der Waals surface area contributed by atoms with Gasteiger partial charge in [0.25, 0.3) is 0 Å². The largest absolute Gasteiger partial charge is 0.460 e. The normalized spacial score (nSPS) is 23.5. The van der Waals surface area contributed by atoms with Crippen LogP contribution in [0, 0.1) is 0 Å². The first-order valence-corrected chi connectivity index (χ1v) is 14.2. The second-order valence-electron chi connectivity index (χ2n) is 10.1. The van der Waals surface area contributed by atoms with Crippen LogP contribution in [0.2, 0.25) is 18.1 Å². The second kappa shape index (κ2) is 9.23. The monoisotopic (exact) mass is 487 g/mol. The van der Waals surface area contributed by atoms with Gasteiger partial charge in [0.15, 0.2) is 31.5 Å². The molecule has 0 radical (unpaired) electrons. The zero-order valence-corrected chi connectivity index (χ0v) is 21.2. The topological polar surface area (TPSA) is 138 Å². The summed E-state index contributed by atoms with van der Waals surface area (Å²) in [6, 6.07) is 9.77. The van der Waals surface area contributed by atoms with Crippen LogP contribution in [-0.2, 0) is 15.8 Å². The molecular weight excluding hydrogens is 454 g/mol. The van der Waals surface area contributed by atoms with E-state index in [9.17, 15) is 10.2 Å². The maximum absolute atomic E-state index is 10.9. The van der Waals surface area contributed by atoms with Gasteiger partial charge in [-0.1, -0.05) is 51.1 Å². The summed E-state index contributed by atoms with van der Waals surface area (Å²) in [5, 5.41) is 21.7. The lowest BCUT2D eigenvalue weighted by Gasteiger charge is -2.37. The number of aliphatic hydroxyl groups excluding tert-OH is 2. The Kier molecular flexibility index (Phi) is 6.66. The van der Waals surface area contributed by atoms with Crippen molar-refractivity contribution in [3.05, 3.63) is 42.2 Å². The number of hydrogen-bond donors (Lipinski definition) is 3. The summed E-state index contributed by atoms with van der Waals surface area (Å²) >= 11 is 0. The Labute approximate surface area is 199 Å². The number of aliphatic hydroxyl groups is 2. The van der Waals surface area contributed by atoms with E-state index in [1.165, 1.54) is 10.9 Å². The number of imidazole rings is 1. The van der Waals surface area contributed by atoms with Crippen molar-refractivity contribution < 1.29 is 24.1 Å². The molecule has 10 nitrogen and oxygen atoms in total. The molecule has 1 aliphatic heterocycles. The summed E-state index contributed by atoms with van der Waals surface area (Å²) in [7, 11) is -2.08. The minimum atomic E-state index is -2.08. The van der Waals surface area contributed by atoms with E-state index in [1.54, 1.807) is 0 Å². The van der Waals surface area contributed by atoms with Crippen LogP contribution in [0.25, 0.3) is 11.2 Å². The highest BCUT2D eigenvalue weighted by molar-refractivity contribution is 6.74. The molecule has 0 spiro atoms. The number of anilines is 1. The van der Waals surface area contributed by atoms with Gasteiger partial charge in [0, 0.05) is 0 Å². The van der Waals surface area contributed by atoms with Crippen LogP contribution in [0.3, 0.4) is 0 Å². The van der Waals surface area contributed by atoms with Crippen molar-refractivity contribution >= 4 is 25.3 Å². The number of fused-ring (bicyclic) bond motifs is 1. The predicted octanol–water partition coefficient (Wildman–Crippen LogP) is 2.63. The molecule has 184 valence electrons. The highest BCUT2D eigenvalue weighted by atomic mass is 28.4. The van der Waals surface area contributed by atoms with Crippen LogP contribution in [0.1, 0.15) is 32.6 Å². The lowest BCUT2D eigenvalue weighted by molar-refractivity contribution is -0.0526. The van der Waals surface area contributed by atoms with Crippen LogP contribution in [-0.4, -0.2) is 63.0 Å². The van der Waals surface area contributed by atoms with Crippen molar-refractivity contribution in [2.45, 2.75) is 70.1 Å². The molecule has 3 heterocycles. The van der Waals surface area contributed by atoms with Gasteiger partial charge in [0.05, 0.1) is 6.61 Å². The molecule has 1 aromatic carbocycles. The number of hydrogen-bond acceptors (Lipinski definition) is 9. The van der Waals surface area contributed by atoms with E-state index in [4.69, 9.17) is 19.6 Å². The third kappa shape index (κ3) is 4.66. The number of rotatable bonds is 7. The molecule has 1 aliphatic rings. The van der Waals surface area contributed by atoms with E-state index < -0.39 is 32.9 Å². The van der Waals surface area contributed by atoms with Crippen LogP contribution in [0.15, 0.2) is 36.7 Å². The zero-order chi connectivity index (χ0) is 24.7. The zero-order valence-electron chi connectivity index (χ0n) is 20.2. The van der Waals surface area contributed by atoms with Crippen LogP contribution >= 0.6 is 0 Å². The molecule has 4 atom stereocenters. The van der Waals surface area contributed by atoms with Crippen molar-refractivity contribution in [3.8, 4) is 6.01 Å². The molecule has 4 N–H and O–H groups in total. The van der Waals surface area contributed by atoms with Gasteiger partial charge in [-0.05, 0) is 23.7 Å². The van der Waals surface area contributed by atoms with E-state index in [0.29, 0.717) is 11.2 Å². The number of nitrogens with two attached hydrogens (primary N) is 1. The Morgan fingerprint density at radius 2 is 1.82 bits per heavy atom. The fraction of sp³-hybridized carbons (Fsp3) is 0.522. The number of benzene rings is 1. The highest BCUT2D eigenvalue weighted by Gasteiger charge is 2.47. The maximum atomic E-state index is 10.9. The number of nitrogens with zero attached hydrogens (tertiary/aromatic N) is 4. The predicted molar refractivity (Wildman–Crippen MR) is 130 cm³/mol. The van der Waals surface area contributed by atoms with Gasteiger partial charge < -0.3 is 29.8 Å².